The molecular weight excluding hydrogens is 240 g/mol. The molecule has 6 heteroatoms. The van der Waals surface area contributed by atoms with Crippen LogP contribution in [0.5, 0.6) is 0 Å². The Kier molecular flexibility index (Phi) is 3.20. The smallest absolute Gasteiger partial charge is 0.242 e. The summed E-state index contributed by atoms with van der Waals surface area (Å²) in [7, 11) is -1.21. The Morgan fingerprint density at radius 2 is 2.18 bits per heavy atom. The summed E-state index contributed by atoms with van der Waals surface area (Å²) in [5, 5.41) is 3.22. The second kappa shape index (κ2) is 4.24. The summed E-state index contributed by atoms with van der Waals surface area (Å²) in [4.78, 5) is 14.0. The molecule has 0 spiro atoms. The summed E-state index contributed by atoms with van der Waals surface area (Å²) < 4.78 is 22.8. The third kappa shape index (κ3) is 2.47. The van der Waals surface area contributed by atoms with Gasteiger partial charge in [0.1, 0.15) is 0 Å². The molecule has 0 aromatic heterocycles. The summed E-state index contributed by atoms with van der Waals surface area (Å²) in [6, 6.07) is -0.147. The molecule has 17 heavy (non-hydrogen) atoms. The van der Waals surface area contributed by atoms with Crippen molar-refractivity contribution in [3.05, 3.63) is 0 Å². The van der Waals surface area contributed by atoms with Gasteiger partial charge in [-0.3, -0.25) is 4.79 Å². The topological polar surface area (TPSA) is 66.5 Å². The van der Waals surface area contributed by atoms with Crippen molar-refractivity contribution < 1.29 is 13.2 Å². The predicted octanol–water partition coefficient (Wildman–Crippen LogP) is -0.226. The van der Waals surface area contributed by atoms with Gasteiger partial charge in [0.2, 0.25) is 5.91 Å². The van der Waals surface area contributed by atoms with E-state index in [4.69, 9.17) is 0 Å². The molecular formula is C11H20N2O3S. The highest BCUT2D eigenvalue weighted by atomic mass is 32.2. The van der Waals surface area contributed by atoms with Crippen LogP contribution in [-0.4, -0.2) is 55.9 Å². The lowest BCUT2D eigenvalue weighted by atomic mass is 9.97. The maximum absolute atomic E-state index is 12.3. The Hall–Kier alpha value is -0.620. The molecule has 0 bridgehead atoms. The SMILES string of the molecule is CN(C(=O)C1(C)CCCN1)C1CCS(=O)(=O)C1. The van der Waals surface area contributed by atoms with Crippen molar-refractivity contribution >= 4 is 15.7 Å². The van der Waals surface area contributed by atoms with Crippen molar-refractivity contribution in [2.45, 2.75) is 37.8 Å². The van der Waals surface area contributed by atoms with Crippen molar-refractivity contribution in [3.63, 3.8) is 0 Å². The van der Waals surface area contributed by atoms with E-state index in [1.807, 2.05) is 6.92 Å². The van der Waals surface area contributed by atoms with Gasteiger partial charge in [0.05, 0.1) is 17.0 Å². The molecule has 98 valence electrons. The van der Waals surface area contributed by atoms with E-state index in [1.165, 1.54) is 0 Å². The lowest BCUT2D eigenvalue weighted by Gasteiger charge is -2.32. The molecule has 2 atom stereocenters. The van der Waals surface area contributed by atoms with Gasteiger partial charge < -0.3 is 10.2 Å². The Morgan fingerprint density at radius 3 is 2.65 bits per heavy atom. The number of nitrogens with zero attached hydrogens (tertiary/aromatic N) is 1. The average Bonchev–Trinajstić information content (AvgIpc) is 2.83. The van der Waals surface area contributed by atoms with Crippen LogP contribution >= 0.6 is 0 Å². The first-order valence-corrected chi connectivity index (χ1v) is 7.89. The zero-order chi connectivity index (χ0) is 12.7. The minimum atomic E-state index is -2.93. The lowest BCUT2D eigenvalue weighted by Crippen LogP contribution is -2.54. The van der Waals surface area contributed by atoms with Crippen LogP contribution in [0, 0.1) is 0 Å². The molecule has 0 aromatic carbocycles. The molecule has 5 nitrogen and oxygen atoms in total. The fraction of sp³-hybridized carbons (Fsp3) is 0.909. The summed E-state index contributed by atoms with van der Waals surface area (Å²) in [6.45, 7) is 2.77. The number of likely N-dealkylation sites (N-methyl/N-ethyl adjacent to an activating group) is 1. The van der Waals surface area contributed by atoms with E-state index in [0.29, 0.717) is 6.42 Å². The van der Waals surface area contributed by atoms with E-state index in [0.717, 1.165) is 19.4 Å². The zero-order valence-corrected chi connectivity index (χ0v) is 11.2. The molecule has 0 radical (unpaired) electrons. The number of nitrogens with one attached hydrogen (secondary N) is 1. The highest BCUT2D eigenvalue weighted by molar-refractivity contribution is 7.91. The molecule has 2 aliphatic rings. The van der Waals surface area contributed by atoms with Gasteiger partial charge in [0.25, 0.3) is 0 Å². The Bertz CT molecular complexity index is 412. The molecule has 2 heterocycles. The number of hydrogen-bond acceptors (Lipinski definition) is 4. The monoisotopic (exact) mass is 260 g/mol. The predicted molar refractivity (Wildman–Crippen MR) is 65.5 cm³/mol. The van der Waals surface area contributed by atoms with Gasteiger partial charge >= 0.3 is 0 Å². The molecule has 0 saturated carbocycles. The largest absolute Gasteiger partial charge is 0.340 e. The number of rotatable bonds is 2. The van der Waals surface area contributed by atoms with Crippen LogP contribution in [0.15, 0.2) is 0 Å². The zero-order valence-electron chi connectivity index (χ0n) is 10.4. The van der Waals surface area contributed by atoms with Crippen molar-refractivity contribution in [2.24, 2.45) is 0 Å². The van der Waals surface area contributed by atoms with E-state index >= 15 is 0 Å². The first-order valence-electron chi connectivity index (χ1n) is 6.07. The summed E-state index contributed by atoms with van der Waals surface area (Å²) in [5.41, 5.74) is -0.499. The first kappa shape index (κ1) is 12.8. The van der Waals surface area contributed by atoms with Gasteiger partial charge in [0.15, 0.2) is 9.84 Å². The summed E-state index contributed by atoms with van der Waals surface area (Å²) in [6.07, 6.45) is 2.40. The van der Waals surface area contributed by atoms with Crippen LogP contribution in [0.4, 0.5) is 0 Å². The quantitative estimate of drug-likeness (QED) is 0.745. The van der Waals surface area contributed by atoms with E-state index < -0.39 is 15.4 Å². The Morgan fingerprint density at radius 1 is 1.47 bits per heavy atom. The molecule has 2 rings (SSSR count). The van der Waals surface area contributed by atoms with Crippen molar-refractivity contribution in [3.8, 4) is 0 Å². The van der Waals surface area contributed by atoms with Gasteiger partial charge in [0, 0.05) is 13.1 Å². The number of carbonyl (C=O) groups is 1. The minimum absolute atomic E-state index is 0.0251. The number of amides is 1. The average molecular weight is 260 g/mol. The third-order valence-corrected chi connectivity index (χ3v) is 5.67. The maximum Gasteiger partial charge on any atom is 0.242 e. The molecule has 1 N–H and O–H groups in total. The van der Waals surface area contributed by atoms with Crippen LogP contribution in [0.2, 0.25) is 0 Å². The molecule has 2 fully saturated rings. The number of sulfone groups is 1. The van der Waals surface area contributed by atoms with Gasteiger partial charge in [-0.2, -0.15) is 0 Å². The first-order chi connectivity index (χ1) is 7.84. The van der Waals surface area contributed by atoms with Crippen LogP contribution in [0.3, 0.4) is 0 Å². The third-order valence-electron chi connectivity index (χ3n) is 3.92. The van der Waals surface area contributed by atoms with Gasteiger partial charge in [-0.05, 0) is 32.7 Å². The van der Waals surface area contributed by atoms with Gasteiger partial charge in [-0.15, -0.1) is 0 Å². The second-order valence-electron chi connectivity index (χ2n) is 5.34. The van der Waals surface area contributed by atoms with Gasteiger partial charge in [-0.25, -0.2) is 8.42 Å². The van der Waals surface area contributed by atoms with E-state index in [2.05, 4.69) is 5.32 Å². The van der Waals surface area contributed by atoms with Crippen molar-refractivity contribution in [2.75, 3.05) is 25.1 Å². The Balaban J connectivity index is 2.05. The standard InChI is InChI=1S/C11H20N2O3S/c1-11(5-3-6-12-11)10(14)13(2)9-4-7-17(15,16)8-9/h9,12H,3-8H2,1-2H3. The highest BCUT2D eigenvalue weighted by Gasteiger charge is 2.41. The fourth-order valence-electron chi connectivity index (χ4n) is 2.71. The van der Waals surface area contributed by atoms with Crippen LogP contribution in [-0.2, 0) is 14.6 Å². The normalized spacial score (nSPS) is 36.0. The molecule has 2 saturated heterocycles. The molecule has 2 aliphatic heterocycles. The summed E-state index contributed by atoms with van der Waals surface area (Å²) >= 11 is 0. The lowest BCUT2D eigenvalue weighted by molar-refractivity contribution is -0.137. The molecule has 0 aromatic rings. The highest BCUT2D eigenvalue weighted by Crippen LogP contribution is 2.24. The van der Waals surface area contributed by atoms with Crippen molar-refractivity contribution in [1.82, 2.24) is 10.2 Å². The molecule has 0 aliphatic carbocycles. The van der Waals surface area contributed by atoms with E-state index in [-0.39, 0.29) is 23.5 Å². The number of hydrogen-bond donors (Lipinski definition) is 1. The van der Waals surface area contributed by atoms with Crippen molar-refractivity contribution in [1.29, 1.82) is 0 Å². The van der Waals surface area contributed by atoms with Crippen LogP contribution in [0.25, 0.3) is 0 Å². The second-order valence-corrected chi connectivity index (χ2v) is 7.56. The minimum Gasteiger partial charge on any atom is -0.340 e. The molecule has 1 amide bonds. The fourth-order valence-corrected chi connectivity index (χ4v) is 4.49. The van der Waals surface area contributed by atoms with Crippen LogP contribution < -0.4 is 5.32 Å². The van der Waals surface area contributed by atoms with E-state index in [9.17, 15) is 13.2 Å². The summed E-state index contributed by atoms with van der Waals surface area (Å²) in [5.74, 6) is 0.349. The maximum atomic E-state index is 12.3. The number of carbonyl (C=O) groups excluding carboxylic acids is 1. The van der Waals surface area contributed by atoms with E-state index in [1.54, 1.807) is 11.9 Å². The molecule has 2 unspecified atom stereocenters. The Labute approximate surface area is 102 Å². The van der Waals surface area contributed by atoms with Gasteiger partial charge in [-0.1, -0.05) is 0 Å². The van der Waals surface area contributed by atoms with Crippen LogP contribution in [0.1, 0.15) is 26.2 Å².